The largest absolute Gasteiger partial charge is 0.368 e. The first kappa shape index (κ1) is 13.2. The summed E-state index contributed by atoms with van der Waals surface area (Å²) in [7, 11) is 0. The molecule has 0 saturated carbocycles. The Kier molecular flexibility index (Phi) is 3.59. The maximum Gasteiger partial charge on any atom is 0.258 e. The third-order valence-electron chi connectivity index (χ3n) is 2.95. The van der Waals surface area contributed by atoms with Crippen LogP contribution in [0.4, 0.5) is 11.9 Å². The van der Waals surface area contributed by atoms with Crippen molar-refractivity contribution in [3.8, 4) is 5.95 Å². The Bertz CT molecular complexity index is 534. The molecule has 0 amide bonds. The van der Waals surface area contributed by atoms with Gasteiger partial charge in [0.25, 0.3) is 5.95 Å². The van der Waals surface area contributed by atoms with Gasteiger partial charge in [-0.3, -0.25) is 0 Å². The van der Waals surface area contributed by atoms with Crippen molar-refractivity contribution >= 4 is 11.9 Å². The highest BCUT2D eigenvalue weighted by atomic mass is 15.4. The molecule has 0 saturated heterocycles. The zero-order valence-corrected chi connectivity index (χ0v) is 11.3. The summed E-state index contributed by atoms with van der Waals surface area (Å²) in [5, 5.41) is 7.14. The lowest BCUT2D eigenvalue weighted by molar-refractivity contribution is 0.376. The van der Waals surface area contributed by atoms with Crippen LogP contribution < -0.4 is 11.1 Å². The number of rotatable bonds is 5. The number of hydrogen-bond donors (Lipinski definition) is 2. The van der Waals surface area contributed by atoms with Crippen molar-refractivity contribution in [3.63, 3.8) is 0 Å². The van der Waals surface area contributed by atoms with E-state index in [2.05, 4.69) is 51.1 Å². The van der Waals surface area contributed by atoms with Crippen molar-refractivity contribution in [2.75, 3.05) is 17.6 Å². The fourth-order valence-corrected chi connectivity index (χ4v) is 1.32. The van der Waals surface area contributed by atoms with Crippen LogP contribution in [0, 0.1) is 5.41 Å². The summed E-state index contributed by atoms with van der Waals surface area (Å²) >= 11 is 0. The molecule has 0 aliphatic carbocycles. The Morgan fingerprint density at radius 2 is 2.11 bits per heavy atom. The van der Waals surface area contributed by atoms with E-state index < -0.39 is 0 Å². The summed E-state index contributed by atoms with van der Waals surface area (Å²) in [5.41, 5.74) is 5.84. The Morgan fingerprint density at radius 1 is 1.32 bits per heavy atom. The van der Waals surface area contributed by atoms with Crippen molar-refractivity contribution in [1.82, 2.24) is 29.7 Å². The zero-order valence-electron chi connectivity index (χ0n) is 11.3. The topological polar surface area (TPSA) is 107 Å². The summed E-state index contributed by atoms with van der Waals surface area (Å²) in [6, 6.07) is 0. The number of aromatic nitrogens is 6. The molecule has 2 heterocycles. The maximum absolute atomic E-state index is 5.67. The summed E-state index contributed by atoms with van der Waals surface area (Å²) in [6.07, 6.45) is 3.97. The van der Waals surface area contributed by atoms with E-state index in [1.165, 1.54) is 17.3 Å². The molecule has 0 aliphatic heterocycles. The molecular formula is C11H18N8. The van der Waals surface area contributed by atoms with Crippen LogP contribution in [0.3, 0.4) is 0 Å². The molecule has 2 aromatic heterocycles. The third kappa shape index (κ3) is 3.36. The van der Waals surface area contributed by atoms with Gasteiger partial charge in [0, 0.05) is 6.54 Å². The number of nitrogens with one attached hydrogen (secondary N) is 1. The number of nitrogen functional groups attached to an aromatic ring is 1. The molecule has 19 heavy (non-hydrogen) atoms. The predicted molar refractivity (Wildman–Crippen MR) is 71.7 cm³/mol. The van der Waals surface area contributed by atoms with Crippen molar-refractivity contribution in [1.29, 1.82) is 0 Å². The van der Waals surface area contributed by atoms with Crippen LogP contribution in [0.2, 0.25) is 0 Å². The van der Waals surface area contributed by atoms with E-state index in [0.717, 1.165) is 13.0 Å². The fourth-order valence-electron chi connectivity index (χ4n) is 1.32. The van der Waals surface area contributed by atoms with E-state index >= 15 is 0 Å². The molecule has 0 spiro atoms. The molecule has 0 aromatic carbocycles. The second-order valence-electron chi connectivity index (χ2n) is 5.03. The lowest BCUT2D eigenvalue weighted by atomic mass is 9.90. The Morgan fingerprint density at radius 3 is 2.74 bits per heavy atom. The highest BCUT2D eigenvalue weighted by Gasteiger charge is 2.16. The van der Waals surface area contributed by atoms with Crippen molar-refractivity contribution in [2.45, 2.75) is 27.2 Å². The summed E-state index contributed by atoms with van der Waals surface area (Å²) in [5.74, 6) is 0.943. The normalized spacial score (nSPS) is 11.5. The van der Waals surface area contributed by atoms with Gasteiger partial charge >= 0.3 is 0 Å². The summed E-state index contributed by atoms with van der Waals surface area (Å²) in [6.45, 7) is 7.24. The highest BCUT2D eigenvalue weighted by molar-refractivity contribution is 5.34. The Balaban J connectivity index is 2.18. The van der Waals surface area contributed by atoms with Gasteiger partial charge < -0.3 is 11.1 Å². The van der Waals surface area contributed by atoms with E-state index in [9.17, 15) is 0 Å². The lowest BCUT2D eigenvalue weighted by Gasteiger charge is -2.22. The van der Waals surface area contributed by atoms with Gasteiger partial charge in [-0.25, -0.2) is 4.98 Å². The van der Waals surface area contributed by atoms with Crippen LogP contribution in [-0.2, 0) is 0 Å². The van der Waals surface area contributed by atoms with Gasteiger partial charge in [-0.2, -0.15) is 24.7 Å². The zero-order chi connectivity index (χ0) is 13.9. The molecule has 8 heteroatoms. The fraction of sp³-hybridized carbons (Fsp3) is 0.545. The van der Waals surface area contributed by atoms with Gasteiger partial charge in [-0.1, -0.05) is 20.8 Å². The highest BCUT2D eigenvalue weighted by Crippen LogP contribution is 2.19. The van der Waals surface area contributed by atoms with Gasteiger partial charge in [0.2, 0.25) is 11.9 Å². The second kappa shape index (κ2) is 5.17. The van der Waals surface area contributed by atoms with Gasteiger partial charge in [-0.05, 0) is 11.8 Å². The first-order valence-electron chi connectivity index (χ1n) is 6.10. The van der Waals surface area contributed by atoms with Gasteiger partial charge in [-0.15, -0.1) is 0 Å². The molecule has 0 atom stereocenters. The number of nitrogens with zero attached hydrogens (tertiary/aromatic N) is 6. The van der Waals surface area contributed by atoms with Gasteiger partial charge in [0.15, 0.2) is 0 Å². The van der Waals surface area contributed by atoms with Crippen LogP contribution in [0.5, 0.6) is 0 Å². The van der Waals surface area contributed by atoms with Crippen LogP contribution in [0.15, 0.2) is 12.7 Å². The number of anilines is 2. The molecular weight excluding hydrogens is 244 g/mol. The smallest absolute Gasteiger partial charge is 0.258 e. The molecule has 0 radical (unpaired) electrons. The first-order chi connectivity index (χ1) is 9.00. The van der Waals surface area contributed by atoms with Crippen LogP contribution in [0.25, 0.3) is 5.95 Å². The second-order valence-corrected chi connectivity index (χ2v) is 5.03. The average molecular weight is 262 g/mol. The minimum atomic E-state index is 0.150. The van der Waals surface area contributed by atoms with Gasteiger partial charge in [0.05, 0.1) is 0 Å². The van der Waals surface area contributed by atoms with Crippen molar-refractivity contribution < 1.29 is 0 Å². The van der Waals surface area contributed by atoms with Gasteiger partial charge in [0.1, 0.15) is 12.7 Å². The van der Waals surface area contributed by atoms with Crippen LogP contribution >= 0.6 is 0 Å². The maximum atomic E-state index is 5.67. The summed E-state index contributed by atoms with van der Waals surface area (Å²) < 4.78 is 1.44. The minimum absolute atomic E-state index is 0.150. The quantitative estimate of drug-likeness (QED) is 0.823. The first-order valence-corrected chi connectivity index (χ1v) is 6.10. The molecule has 102 valence electrons. The monoisotopic (exact) mass is 262 g/mol. The lowest BCUT2D eigenvalue weighted by Crippen LogP contribution is -2.23. The molecule has 0 fully saturated rings. The molecule has 0 bridgehead atoms. The Hall–Kier alpha value is -2.25. The van der Waals surface area contributed by atoms with Crippen molar-refractivity contribution in [3.05, 3.63) is 12.7 Å². The molecule has 2 aromatic rings. The van der Waals surface area contributed by atoms with E-state index in [1.807, 2.05) is 0 Å². The summed E-state index contributed by atoms with van der Waals surface area (Å²) in [4.78, 5) is 16.2. The predicted octanol–water partition coefficient (Wildman–Crippen LogP) is 0.883. The third-order valence-corrected chi connectivity index (χ3v) is 2.95. The SMILES string of the molecule is CCC(C)(C)CNc1nc(N)nc(-n2cncn2)n1. The molecule has 0 aliphatic rings. The molecule has 0 unspecified atom stereocenters. The van der Waals surface area contributed by atoms with E-state index in [1.54, 1.807) is 0 Å². The van der Waals surface area contributed by atoms with E-state index in [4.69, 9.17) is 5.73 Å². The van der Waals surface area contributed by atoms with E-state index in [0.29, 0.717) is 11.9 Å². The average Bonchev–Trinajstić information content (AvgIpc) is 2.90. The Labute approximate surface area is 111 Å². The van der Waals surface area contributed by atoms with Crippen LogP contribution in [-0.4, -0.2) is 36.3 Å². The minimum Gasteiger partial charge on any atom is -0.368 e. The molecule has 2 rings (SSSR count). The van der Waals surface area contributed by atoms with E-state index in [-0.39, 0.29) is 11.4 Å². The number of nitrogens with two attached hydrogens (primary N) is 1. The standard InChI is InChI=1S/C11H18N8/c1-4-11(2,3)5-14-9-16-8(12)17-10(18-9)19-7-13-6-15-19/h6-7H,4-5H2,1-3H3,(H3,12,14,16,17,18). The molecule has 3 N–H and O–H groups in total. The van der Waals surface area contributed by atoms with Crippen molar-refractivity contribution in [2.24, 2.45) is 5.41 Å². The number of hydrogen-bond acceptors (Lipinski definition) is 7. The van der Waals surface area contributed by atoms with Crippen LogP contribution in [0.1, 0.15) is 27.2 Å². The molecule has 8 nitrogen and oxygen atoms in total.